The van der Waals surface area contributed by atoms with Crippen LogP contribution in [0.1, 0.15) is 25.8 Å². The highest BCUT2D eigenvalue weighted by atomic mass is 127. The maximum absolute atomic E-state index is 12.4. The third-order valence-corrected chi connectivity index (χ3v) is 6.66. The van der Waals surface area contributed by atoms with E-state index in [0.717, 1.165) is 9.13 Å². The second-order valence-electron chi connectivity index (χ2n) is 7.81. The smallest absolute Gasteiger partial charge is 0.481 e. The number of carboxylic acids is 1. The van der Waals surface area contributed by atoms with Crippen molar-refractivity contribution in [3.05, 3.63) is 33.4 Å². The van der Waals surface area contributed by atoms with Gasteiger partial charge in [0, 0.05) is 15.4 Å². The number of rotatable bonds is 4. The summed E-state index contributed by atoms with van der Waals surface area (Å²) in [5, 5.41) is 9.50. The molecule has 3 fully saturated rings. The van der Waals surface area contributed by atoms with Crippen molar-refractivity contribution < 1.29 is 33.7 Å². The molecule has 1 saturated heterocycles. The predicted octanol–water partition coefficient (Wildman–Crippen LogP) is 2.94. The van der Waals surface area contributed by atoms with Gasteiger partial charge in [0.2, 0.25) is 0 Å². The minimum atomic E-state index is -1.05. The zero-order valence-electron chi connectivity index (χ0n) is 14.8. The first-order valence-corrected chi connectivity index (χ1v) is 9.86. The third-order valence-electron chi connectivity index (χ3n) is 5.94. The Morgan fingerprint density at radius 3 is 2.52 bits per heavy atom. The Hall–Kier alpha value is -1.84. The third kappa shape index (κ3) is 2.97. The summed E-state index contributed by atoms with van der Waals surface area (Å²) in [7, 11) is 0. The SMILES string of the molecule is CC(C)(OC(=O)OC1C2CC3C1OC(=O)C3C2C(=O)O)c1ccc(I)cc1. The Balaban J connectivity index is 1.48. The van der Waals surface area contributed by atoms with E-state index in [2.05, 4.69) is 22.6 Å². The molecule has 2 aliphatic carbocycles. The van der Waals surface area contributed by atoms with Crippen molar-refractivity contribution in [1.82, 2.24) is 0 Å². The van der Waals surface area contributed by atoms with Crippen molar-refractivity contribution in [1.29, 1.82) is 0 Å². The Morgan fingerprint density at radius 2 is 1.89 bits per heavy atom. The molecule has 6 atom stereocenters. The first-order chi connectivity index (χ1) is 12.7. The summed E-state index contributed by atoms with van der Waals surface area (Å²) >= 11 is 2.19. The van der Waals surface area contributed by atoms with Crippen LogP contribution in [0.2, 0.25) is 0 Å². The van der Waals surface area contributed by atoms with Gasteiger partial charge in [-0.1, -0.05) is 12.1 Å². The number of halogens is 1. The Bertz CT molecular complexity index is 803. The first-order valence-electron chi connectivity index (χ1n) is 8.78. The van der Waals surface area contributed by atoms with Gasteiger partial charge in [-0.15, -0.1) is 0 Å². The fourth-order valence-electron chi connectivity index (χ4n) is 4.74. The second kappa shape index (κ2) is 6.35. The molecule has 2 saturated carbocycles. The molecule has 27 heavy (non-hydrogen) atoms. The minimum absolute atomic E-state index is 0.203. The van der Waals surface area contributed by atoms with Crippen LogP contribution in [-0.4, -0.2) is 35.4 Å². The van der Waals surface area contributed by atoms with Crippen LogP contribution >= 0.6 is 22.6 Å². The van der Waals surface area contributed by atoms with Crippen LogP contribution in [-0.2, 0) is 29.4 Å². The van der Waals surface area contributed by atoms with Crippen molar-refractivity contribution in [3.8, 4) is 0 Å². The number of aliphatic carboxylic acids is 1. The van der Waals surface area contributed by atoms with Gasteiger partial charge >= 0.3 is 18.1 Å². The van der Waals surface area contributed by atoms with E-state index in [1.807, 2.05) is 24.3 Å². The number of hydrogen-bond donors (Lipinski definition) is 1. The van der Waals surface area contributed by atoms with Gasteiger partial charge in [0.25, 0.3) is 0 Å². The van der Waals surface area contributed by atoms with Crippen molar-refractivity contribution in [2.45, 2.75) is 38.1 Å². The van der Waals surface area contributed by atoms with E-state index in [0.29, 0.717) is 6.42 Å². The van der Waals surface area contributed by atoms with Crippen LogP contribution in [0.25, 0.3) is 0 Å². The van der Waals surface area contributed by atoms with Crippen LogP contribution in [0.3, 0.4) is 0 Å². The molecule has 1 N–H and O–H groups in total. The number of esters is 1. The van der Waals surface area contributed by atoms with Crippen molar-refractivity contribution in [2.75, 3.05) is 0 Å². The van der Waals surface area contributed by atoms with Crippen LogP contribution < -0.4 is 0 Å². The highest BCUT2D eigenvalue weighted by molar-refractivity contribution is 14.1. The van der Waals surface area contributed by atoms with E-state index < -0.39 is 53.7 Å². The normalized spacial score (nSPS) is 33.7. The van der Waals surface area contributed by atoms with Gasteiger partial charge in [-0.2, -0.15) is 0 Å². The first kappa shape index (κ1) is 18.5. The molecule has 0 spiro atoms. The maximum atomic E-state index is 12.4. The molecule has 1 heterocycles. The van der Waals surface area contributed by atoms with Crippen LogP contribution in [0.15, 0.2) is 24.3 Å². The number of benzene rings is 1. The summed E-state index contributed by atoms with van der Waals surface area (Å²) in [6.07, 6.45) is -1.73. The molecule has 6 unspecified atom stereocenters. The van der Waals surface area contributed by atoms with Gasteiger partial charge in [-0.25, -0.2) is 4.79 Å². The molecule has 1 aromatic carbocycles. The van der Waals surface area contributed by atoms with E-state index in [9.17, 15) is 19.5 Å². The zero-order chi connectivity index (χ0) is 19.5. The molecule has 0 radical (unpaired) electrons. The lowest BCUT2D eigenvalue weighted by molar-refractivity contribution is -0.151. The van der Waals surface area contributed by atoms with E-state index >= 15 is 0 Å². The molecule has 0 aromatic heterocycles. The number of fused-ring (bicyclic) bond motifs is 1. The Morgan fingerprint density at radius 1 is 1.22 bits per heavy atom. The average molecular weight is 486 g/mol. The fraction of sp³-hybridized carbons (Fsp3) is 0.526. The fourth-order valence-corrected chi connectivity index (χ4v) is 5.10. The molecular weight excluding hydrogens is 467 g/mol. The van der Waals surface area contributed by atoms with Gasteiger partial charge in [0.1, 0.15) is 17.8 Å². The van der Waals surface area contributed by atoms with Gasteiger partial charge in [-0.3, -0.25) is 9.59 Å². The maximum Gasteiger partial charge on any atom is 0.509 e. The predicted molar refractivity (Wildman–Crippen MR) is 99.6 cm³/mol. The van der Waals surface area contributed by atoms with Crippen molar-refractivity contribution in [3.63, 3.8) is 0 Å². The largest absolute Gasteiger partial charge is 0.509 e. The highest BCUT2D eigenvalue weighted by Crippen LogP contribution is 2.58. The van der Waals surface area contributed by atoms with Crippen LogP contribution in [0.5, 0.6) is 0 Å². The summed E-state index contributed by atoms with van der Waals surface area (Å²) in [4.78, 5) is 36.1. The number of carbonyl (C=O) groups is 3. The monoisotopic (exact) mass is 486 g/mol. The lowest BCUT2D eigenvalue weighted by atomic mass is 9.78. The lowest BCUT2D eigenvalue weighted by Crippen LogP contribution is -2.43. The van der Waals surface area contributed by atoms with E-state index in [1.54, 1.807) is 13.8 Å². The molecule has 1 aromatic rings. The molecular formula is C19H19IO7. The summed E-state index contributed by atoms with van der Waals surface area (Å²) in [5.41, 5.74) is -0.108. The lowest BCUT2D eigenvalue weighted by Gasteiger charge is -2.31. The van der Waals surface area contributed by atoms with Gasteiger partial charge in [0.15, 0.2) is 0 Å². The number of carboxylic acid groups (broad SMARTS) is 1. The molecule has 0 amide bonds. The molecule has 2 bridgehead atoms. The summed E-state index contributed by atoms with van der Waals surface area (Å²) in [5.74, 6) is -3.68. The molecule has 7 nitrogen and oxygen atoms in total. The standard InChI is InChI=1S/C19H19IO7/c1-19(2,8-3-5-9(20)6-4-8)27-18(24)26-15-10-7-11-13(12(10)16(21)22)17(23)25-14(11)15/h3-6,10-15H,7H2,1-2H3,(H,21,22). The Kier molecular flexibility index (Phi) is 4.36. The van der Waals surface area contributed by atoms with Crippen LogP contribution in [0, 0.1) is 27.2 Å². The van der Waals surface area contributed by atoms with E-state index in [1.165, 1.54) is 0 Å². The zero-order valence-corrected chi connectivity index (χ0v) is 16.9. The topological polar surface area (TPSA) is 99.1 Å². The van der Waals surface area contributed by atoms with E-state index in [-0.39, 0.29) is 5.92 Å². The van der Waals surface area contributed by atoms with Gasteiger partial charge in [-0.05, 0) is 60.6 Å². The summed E-state index contributed by atoms with van der Waals surface area (Å²) in [6.45, 7) is 3.51. The summed E-state index contributed by atoms with van der Waals surface area (Å²) in [6, 6.07) is 7.57. The van der Waals surface area contributed by atoms with E-state index in [4.69, 9.17) is 14.2 Å². The molecule has 4 rings (SSSR count). The second-order valence-corrected chi connectivity index (χ2v) is 9.05. The van der Waals surface area contributed by atoms with Crippen molar-refractivity contribution >= 4 is 40.7 Å². The average Bonchev–Trinajstić information content (AvgIpc) is 3.18. The van der Waals surface area contributed by atoms with Crippen LogP contribution in [0.4, 0.5) is 4.79 Å². The van der Waals surface area contributed by atoms with Gasteiger partial charge in [0.05, 0.1) is 11.8 Å². The number of carbonyl (C=O) groups excluding carboxylic acids is 2. The summed E-state index contributed by atoms with van der Waals surface area (Å²) < 4.78 is 17.4. The van der Waals surface area contributed by atoms with Gasteiger partial charge < -0.3 is 19.3 Å². The minimum Gasteiger partial charge on any atom is -0.481 e. The Labute approximate surface area is 169 Å². The molecule has 8 heteroatoms. The molecule has 1 aliphatic heterocycles. The van der Waals surface area contributed by atoms with Crippen molar-refractivity contribution in [2.24, 2.45) is 23.7 Å². The number of hydrogen-bond acceptors (Lipinski definition) is 6. The molecule has 3 aliphatic rings. The highest BCUT2D eigenvalue weighted by Gasteiger charge is 2.70. The quantitative estimate of drug-likeness (QED) is 0.516. The number of ether oxygens (including phenoxy) is 3. The molecule has 144 valence electrons.